The third-order valence-electron chi connectivity index (χ3n) is 9.75. The lowest BCUT2D eigenvalue weighted by molar-refractivity contribution is -0.161. The van der Waals surface area contributed by atoms with Gasteiger partial charge in [0.25, 0.3) is 0 Å². The van der Waals surface area contributed by atoms with E-state index in [4.69, 9.17) is 28.5 Å². The normalized spacial score (nSPS) is 17.8. The molecule has 14 nitrogen and oxygen atoms in total. The molecule has 5 atom stereocenters. The molecule has 0 saturated carbocycles. The summed E-state index contributed by atoms with van der Waals surface area (Å²) in [6, 6.07) is 0. The van der Waals surface area contributed by atoms with E-state index in [0.29, 0.717) is 25.0 Å². The van der Waals surface area contributed by atoms with E-state index in [0.717, 1.165) is 70.1 Å². The van der Waals surface area contributed by atoms with Crippen LogP contribution in [0.3, 0.4) is 0 Å². The summed E-state index contributed by atoms with van der Waals surface area (Å²) < 4.78 is 53.6. The number of phosphoric ester groups is 2. The zero-order valence-corrected chi connectivity index (χ0v) is 37.1. The second kappa shape index (κ2) is 33.5. The molecule has 57 heavy (non-hydrogen) atoms. The first-order chi connectivity index (χ1) is 27.2. The first-order valence-electron chi connectivity index (χ1n) is 21.9. The fourth-order valence-electron chi connectivity index (χ4n) is 6.30. The summed E-state index contributed by atoms with van der Waals surface area (Å²) in [5.41, 5.74) is 0. The smallest absolute Gasteiger partial charge is 0.462 e. The highest BCUT2D eigenvalue weighted by atomic mass is 31.2. The standard InChI is InChI=1S/C41H78O14P2/c1-4-5-6-7-17-22-27-38-39(55-38)28-23-18-15-20-24-29-40(43)50-33-37(34-53-57(48,49)52-32-36(42)31-51-56(45,46)47)54-41(44)30-25-19-14-12-10-8-9-11-13-16-21-26-35(2)3/h17,22,35-39,42H,4-16,18-21,23-34H2,1-3H3,(H,48,49)(H2,45,46,47)/b22-17-/t36-,37+,38?,39?/m0/s1. The zero-order valence-electron chi connectivity index (χ0n) is 35.3. The van der Waals surface area contributed by atoms with Crippen molar-refractivity contribution in [3.8, 4) is 0 Å². The van der Waals surface area contributed by atoms with Gasteiger partial charge in [-0.25, -0.2) is 9.13 Å². The molecule has 0 aromatic carbocycles. The van der Waals surface area contributed by atoms with Gasteiger partial charge in [-0.2, -0.15) is 0 Å². The number of allylic oxidation sites excluding steroid dienone is 1. The first-order valence-corrected chi connectivity index (χ1v) is 24.9. The van der Waals surface area contributed by atoms with Gasteiger partial charge in [0, 0.05) is 12.8 Å². The Morgan fingerprint density at radius 3 is 1.79 bits per heavy atom. The van der Waals surface area contributed by atoms with E-state index in [9.17, 15) is 28.7 Å². The third kappa shape index (κ3) is 35.3. The Balaban J connectivity index is 2.36. The van der Waals surface area contributed by atoms with Gasteiger partial charge < -0.3 is 34.0 Å². The Morgan fingerprint density at radius 1 is 0.649 bits per heavy atom. The van der Waals surface area contributed by atoms with Gasteiger partial charge in [0.1, 0.15) is 12.7 Å². The van der Waals surface area contributed by atoms with Crippen molar-refractivity contribution in [2.75, 3.05) is 26.4 Å². The average molecular weight is 857 g/mol. The van der Waals surface area contributed by atoms with Crippen molar-refractivity contribution in [2.45, 2.75) is 206 Å². The molecular weight excluding hydrogens is 778 g/mol. The number of unbranched alkanes of at least 4 members (excludes halogenated alkanes) is 17. The van der Waals surface area contributed by atoms with Gasteiger partial charge in [0.2, 0.25) is 0 Å². The van der Waals surface area contributed by atoms with E-state index in [1.165, 1.54) is 70.6 Å². The summed E-state index contributed by atoms with van der Waals surface area (Å²) >= 11 is 0. The Bertz CT molecular complexity index is 1150. The van der Waals surface area contributed by atoms with Crippen LogP contribution in [0, 0.1) is 5.92 Å². The minimum Gasteiger partial charge on any atom is -0.462 e. The van der Waals surface area contributed by atoms with Gasteiger partial charge in [-0.15, -0.1) is 0 Å². The van der Waals surface area contributed by atoms with E-state index in [-0.39, 0.29) is 12.8 Å². The maximum Gasteiger partial charge on any atom is 0.472 e. The topological polar surface area (TPSA) is 208 Å². The van der Waals surface area contributed by atoms with Crippen LogP contribution in [0.2, 0.25) is 0 Å². The largest absolute Gasteiger partial charge is 0.472 e. The number of phosphoric acid groups is 2. The van der Waals surface area contributed by atoms with Crippen LogP contribution >= 0.6 is 15.6 Å². The van der Waals surface area contributed by atoms with Gasteiger partial charge in [-0.05, 0) is 44.4 Å². The third-order valence-corrected chi connectivity index (χ3v) is 11.2. The van der Waals surface area contributed by atoms with Gasteiger partial charge in [-0.3, -0.25) is 23.2 Å². The Labute approximate surface area is 343 Å². The Hall–Kier alpha value is -1.18. The van der Waals surface area contributed by atoms with Crippen molar-refractivity contribution < 1.29 is 66.3 Å². The molecule has 0 bridgehead atoms. The fourth-order valence-corrected chi connectivity index (χ4v) is 7.46. The van der Waals surface area contributed by atoms with E-state index < -0.39 is 66.2 Å². The molecular formula is C41H78O14P2. The van der Waals surface area contributed by atoms with Gasteiger partial charge in [0.15, 0.2) is 6.10 Å². The predicted octanol–water partition coefficient (Wildman–Crippen LogP) is 9.80. The van der Waals surface area contributed by atoms with Crippen LogP contribution in [0.1, 0.15) is 181 Å². The number of carbonyl (C=O) groups is 2. The molecule has 16 heteroatoms. The van der Waals surface area contributed by atoms with Crippen LogP contribution in [0.25, 0.3) is 0 Å². The predicted molar refractivity (Wildman–Crippen MR) is 220 cm³/mol. The maximum atomic E-state index is 12.7. The van der Waals surface area contributed by atoms with Crippen molar-refractivity contribution in [1.29, 1.82) is 0 Å². The highest BCUT2D eigenvalue weighted by molar-refractivity contribution is 7.47. The molecule has 0 amide bonds. The van der Waals surface area contributed by atoms with Crippen LogP contribution in [0.4, 0.5) is 0 Å². The molecule has 1 fully saturated rings. The second-order valence-electron chi connectivity index (χ2n) is 15.8. The molecule has 1 rings (SSSR count). The van der Waals surface area contributed by atoms with Crippen LogP contribution in [0.5, 0.6) is 0 Å². The number of carbonyl (C=O) groups excluding carboxylic acids is 2. The van der Waals surface area contributed by atoms with Crippen LogP contribution in [-0.4, -0.2) is 82.6 Å². The van der Waals surface area contributed by atoms with Crippen molar-refractivity contribution in [2.24, 2.45) is 5.92 Å². The molecule has 0 spiro atoms. The van der Waals surface area contributed by atoms with E-state index in [1.807, 2.05) is 0 Å². The molecule has 1 aliphatic rings. The van der Waals surface area contributed by atoms with E-state index in [2.05, 4.69) is 42.0 Å². The van der Waals surface area contributed by atoms with Crippen LogP contribution < -0.4 is 0 Å². The minimum atomic E-state index is -4.86. The maximum absolute atomic E-state index is 12.7. The lowest BCUT2D eigenvalue weighted by Crippen LogP contribution is -2.30. The number of rotatable bonds is 40. The quantitative estimate of drug-likeness (QED) is 0.0149. The lowest BCUT2D eigenvalue weighted by atomic mass is 10.0. The number of ether oxygens (including phenoxy) is 3. The molecule has 336 valence electrons. The van der Waals surface area contributed by atoms with Crippen molar-refractivity contribution in [1.82, 2.24) is 0 Å². The highest BCUT2D eigenvalue weighted by Crippen LogP contribution is 2.44. The Kier molecular flexibility index (Phi) is 31.7. The van der Waals surface area contributed by atoms with Crippen molar-refractivity contribution in [3.05, 3.63) is 12.2 Å². The molecule has 4 N–H and O–H groups in total. The molecule has 1 aliphatic heterocycles. The van der Waals surface area contributed by atoms with Gasteiger partial charge >= 0.3 is 27.6 Å². The summed E-state index contributed by atoms with van der Waals surface area (Å²) in [7, 11) is -9.67. The molecule has 1 heterocycles. The number of esters is 2. The molecule has 0 aromatic heterocycles. The van der Waals surface area contributed by atoms with E-state index >= 15 is 0 Å². The molecule has 0 aliphatic carbocycles. The van der Waals surface area contributed by atoms with Crippen molar-refractivity contribution >= 4 is 27.6 Å². The zero-order chi connectivity index (χ0) is 42.2. The summed E-state index contributed by atoms with van der Waals surface area (Å²) in [6.45, 7) is 4.02. The monoisotopic (exact) mass is 856 g/mol. The van der Waals surface area contributed by atoms with Crippen LogP contribution in [-0.2, 0) is 46.5 Å². The number of aliphatic hydroxyl groups excluding tert-OH is 1. The fraction of sp³-hybridized carbons (Fsp3) is 0.902. The van der Waals surface area contributed by atoms with Gasteiger partial charge in [-0.1, -0.05) is 142 Å². The number of hydrogen-bond acceptors (Lipinski definition) is 11. The summed E-state index contributed by atoms with van der Waals surface area (Å²) in [5, 5.41) is 9.74. The Morgan fingerprint density at radius 2 is 1.19 bits per heavy atom. The highest BCUT2D eigenvalue weighted by Gasteiger charge is 2.36. The second-order valence-corrected chi connectivity index (χ2v) is 18.5. The lowest BCUT2D eigenvalue weighted by Gasteiger charge is -2.20. The molecule has 0 aromatic rings. The summed E-state index contributed by atoms with van der Waals surface area (Å²) in [6.07, 6.45) is 28.0. The number of aliphatic hydroxyl groups is 1. The number of hydrogen-bond donors (Lipinski definition) is 4. The summed E-state index contributed by atoms with van der Waals surface area (Å²) in [5.74, 6) is -0.269. The average Bonchev–Trinajstić information content (AvgIpc) is 3.91. The molecule has 0 radical (unpaired) electrons. The molecule has 3 unspecified atom stereocenters. The summed E-state index contributed by atoms with van der Waals surface area (Å²) in [4.78, 5) is 52.7. The van der Waals surface area contributed by atoms with Crippen molar-refractivity contribution in [3.63, 3.8) is 0 Å². The number of epoxide rings is 1. The first kappa shape index (κ1) is 53.8. The van der Waals surface area contributed by atoms with E-state index in [1.54, 1.807) is 0 Å². The minimum absolute atomic E-state index is 0.129. The van der Waals surface area contributed by atoms with Gasteiger partial charge in [0.05, 0.1) is 32.0 Å². The van der Waals surface area contributed by atoms with Crippen LogP contribution in [0.15, 0.2) is 12.2 Å². The SMILES string of the molecule is CCCCC/C=C\CC1OC1CCCCCCCC(=O)OC[C@H](COP(=O)(O)OC[C@@H](O)COP(=O)(O)O)OC(=O)CCCCCCCCCCCCCC(C)C. The molecule has 1 saturated heterocycles.